The van der Waals surface area contributed by atoms with E-state index in [4.69, 9.17) is 4.98 Å². The molecule has 2 aromatic heterocycles. The first-order valence-electron chi connectivity index (χ1n) is 9.99. The Morgan fingerprint density at radius 3 is 2.70 bits per heavy atom. The highest BCUT2D eigenvalue weighted by atomic mass is 16.2. The molecule has 6 heteroatoms. The lowest BCUT2D eigenvalue weighted by Gasteiger charge is -2.15. The summed E-state index contributed by atoms with van der Waals surface area (Å²) in [5, 5.41) is 10.1. The van der Waals surface area contributed by atoms with Crippen molar-refractivity contribution in [3.63, 3.8) is 0 Å². The molecule has 148 valence electrons. The second-order valence-corrected chi connectivity index (χ2v) is 7.33. The SMILES string of the molecule is O=C(Nc1ccc2nc(N[C@@H]3CCc4ccccc43)ccc2c1)Nc1ccccn1. The summed E-state index contributed by atoms with van der Waals surface area (Å²) in [6, 6.07) is 23.6. The van der Waals surface area contributed by atoms with Crippen molar-refractivity contribution in [2.45, 2.75) is 18.9 Å². The van der Waals surface area contributed by atoms with Gasteiger partial charge in [-0.3, -0.25) is 5.32 Å². The van der Waals surface area contributed by atoms with Crippen LogP contribution in [-0.4, -0.2) is 16.0 Å². The normalized spacial score (nSPS) is 14.9. The fourth-order valence-corrected chi connectivity index (χ4v) is 3.88. The molecule has 30 heavy (non-hydrogen) atoms. The van der Waals surface area contributed by atoms with Crippen LogP contribution in [-0.2, 0) is 6.42 Å². The molecule has 0 fully saturated rings. The number of aryl methyl sites for hydroxylation is 1. The van der Waals surface area contributed by atoms with Crippen LogP contribution >= 0.6 is 0 Å². The van der Waals surface area contributed by atoms with E-state index in [2.05, 4.69) is 45.2 Å². The first kappa shape index (κ1) is 18.1. The highest BCUT2D eigenvalue weighted by Crippen LogP contribution is 2.33. The molecule has 3 N–H and O–H groups in total. The number of fused-ring (bicyclic) bond motifs is 2. The van der Waals surface area contributed by atoms with Gasteiger partial charge in [0.25, 0.3) is 0 Å². The molecule has 2 aromatic carbocycles. The number of amides is 2. The minimum atomic E-state index is -0.334. The molecule has 0 aliphatic heterocycles. The van der Waals surface area contributed by atoms with Gasteiger partial charge < -0.3 is 10.6 Å². The smallest absolute Gasteiger partial charge is 0.324 e. The number of hydrogen-bond donors (Lipinski definition) is 3. The molecular formula is C24H21N5O. The summed E-state index contributed by atoms with van der Waals surface area (Å²) in [5.41, 5.74) is 4.35. The zero-order valence-electron chi connectivity index (χ0n) is 16.3. The van der Waals surface area contributed by atoms with E-state index in [0.717, 1.165) is 29.6 Å². The Kier molecular flexibility index (Phi) is 4.73. The molecule has 0 radical (unpaired) electrons. The Morgan fingerprint density at radius 1 is 0.900 bits per heavy atom. The Balaban J connectivity index is 1.29. The van der Waals surface area contributed by atoms with Crippen LogP contribution in [0.1, 0.15) is 23.6 Å². The van der Waals surface area contributed by atoms with E-state index in [1.54, 1.807) is 18.3 Å². The van der Waals surface area contributed by atoms with Crippen molar-refractivity contribution >= 4 is 34.3 Å². The highest BCUT2D eigenvalue weighted by molar-refractivity contribution is 6.00. The minimum Gasteiger partial charge on any atom is -0.363 e. The zero-order valence-corrected chi connectivity index (χ0v) is 16.3. The van der Waals surface area contributed by atoms with Crippen LogP contribution in [0, 0.1) is 0 Å². The molecule has 1 aliphatic rings. The molecule has 0 saturated carbocycles. The Labute approximate surface area is 174 Å². The molecule has 4 aromatic rings. The quantitative estimate of drug-likeness (QED) is 0.434. The van der Waals surface area contributed by atoms with E-state index in [0.29, 0.717) is 17.5 Å². The van der Waals surface area contributed by atoms with Crippen LogP contribution in [0.15, 0.2) is 79.0 Å². The Morgan fingerprint density at radius 2 is 1.80 bits per heavy atom. The van der Waals surface area contributed by atoms with Crippen molar-refractivity contribution in [3.8, 4) is 0 Å². The van der Waals surface area contributed by atoms with E-state index in [9.17, 15) is 4.79 Å². The van der Waals surface area contributed by atoms with E-state index in [1.807, 2.05) is 36.4 Å². The number of nitrogens with zero attached hydrogens (tertiary/aromatic N) is 2. The van der Waals surface area contributed by atoms with Gasteiger partial charge in [-0.1, -0.05) is 30.3 Å². The molecule has 6 nitrogen and oxygen atoms in total. The monoisotopic (exact) mass is 395 g/mol. The number of hydrogen-bond acceptors (Lipinski definition) is 4. The first-order valence-corrected chi connectivity index (χ1v) is 9.99. The largest absolute Gasteiger partial charge is 0.363 e. The van der Waals surface area contributed by atoms with Gasteiger partial charge in [-0.15, -0.1) is 0 Å². The molecule has 0 spiro atoms. The lowest BCUT2D eigenvalue weighted by atomic mass is 10.1. The van der Waals surface area contributed by atoms with E-state index < -0.39 is 0 Å². The van der Waals surface area contributed by atoms with Crippen molar-refractivity contribution in [1.82, 2.24) is 9.97 Å². The molecular weight excluding hydrogens is 374 g/mol. The number of carbonyl (C=O) groups excluding carboxylic acids is 1. The molecule has 1 atom stereocenters. The van der Waals surface area contributed by atoms with Gasteiger partial charge >= 0.3 is 6.03 Å². The maximum Gasteiger partial charge on any atom is 0.324 e. The van der Waals surface area contributed by atoms with Crippen LogP contribution < -0.4 is 16.0 Å². The van der Waals surface area contributed by atoms with Gasteiger partial charge in [-0.05, 0) is 66.4 Å². The number of aromatic nitrogens is 2. The fraction of sp³-hybridized carbons (Fsp3) is 0.125. The van der Waals surface area contributed by atoms with Crippen LogP contribution in [0.4, 0.5) is 22.1 Å². The number of benzene rings is 2. The first-order chi connectivity index (χ1) is 14.7. The highest BCUT2D eigenvalue weighted by Gasteiger charge is 2.21. The number of urea groups is 1. The summed E-state index contributed by atoms with van der Waals surface area (Å²) >= 11 is 0. The van der Waals surface area contributed by atoms with E-state index in [1.165, 1.54) is 11.1 Å². The predicted molar refractivity (Wildman–Crippen MR) is 120 cm³/mol. The van der Waals surface area contributed by atoms with E-state index in [-0.39, 0.29) is 6.03 Å². The third-order valence-electron chi connectivity index (χ3n) is 5.31. The summed E-state index contributed by atoms with van der Waals surface area (Å²) in [6.45, 7) is 0. The molecule has 2 heterocycles. The van der Waals surface area contributed by atoms with Gasteiger partial charge in [-0.2, -0.15) is 0 Å². The average Bonchev–Trinajstić information content (AvgIpc) is 3.17. The second kappa shape index (κ2) is 7.83. The molecule has 0 unspecified atom stereocenters. The van der Waals surface area contributed by atoms with Crippen molar-refractivity contribution < 1.29 is 4.79 Å². The number of pyridine rings is 2. The predicted octanol–water partition coefficient (Wildman–Crippen LogP) is 5.37. The number of anilines is 3. The minimum absolute atomic E-state index is 0.294. The van der Waals surface area contributed by atoms with Crippen molar-refractivity contribution in [2.75, 3.05) is 16.0 Å². The van der Waals surface area contributed by atoms with Crippen LogP contribution in [0.5, 0.6) is 0 Å². The third kappa shape index (κ3) is 3.80. The standard InChI is InChI=1S/C24H21N5O/c30-24(29-22-7-3-4-14-25-22)26-18-10-12-20-17(15-18)9-13-23(27-20)28-21-11-8-16-5-1-2-6-19(16)21/h1-7,9-10,12-15,21H,8,11H2,(H,27,28)(H2,25,26,29,30)/t21-/m1/s1. The molecule has 0 bridgehead atoms. The summed E-state index contributed by atoms with van der Waals surface area (Å²) in [4.78, 5) is 21.0. The van der Waals surface area contributed by atoms with Gasteiger partial charge in [-0.25, -0.2) is 14.8 Å². The van der Waals surface area contributed by atoms with Crippen molar-refractivity contribution in [1.29, 1.82) is 0 Å². The van der Waals surface area contributed by atoms with Crippen LogP contribution in [0.25, 0.3) is 10.9 Å². The van der Waals surface area contributed by atoms with Crippen LogP contribution in [0.3, 0.4) is 0 Å². The zero-order chi connectivity index (χ0) is 20.3. The second-order valence-electron chi connectivity index (χ2n) is 7.33. The van der Waals surface area contributed by atoms with Crippen molar-refractivity contribution in [3.05, 3.63) is 90.1 Å². The van der Waals surface area contributed by atoms with Gasteiger partial charge in [0.05, 0.1) is 11.6 Å². The third-order valence-corrected chi connectivity index (χ3v) is 5.31. The lowest BCUT2D eigenvalue weighted by Crippen LogP contribution is -2.19. The average molecular weight is 395 g/mol. The maximum absolute atomic E-state index is 12.2. The molecule has 1 aliphatic carbocycles. The Hall–Kier alpha value is -3.93. The van der Waals surface area contributed by atoms with Gasteiger partial charge in [0, 0.05) is 17.3 Å². The number of rotatable bonds is 4. The van der Waals surface area contributed by atoms with Crippen molar-refractivity contribution in [2.24, 2.45) is 0 Å². The molecule has 5 rings (SSSR count). The maximum atomic E-state index is 12.2. The van der Waals surface area contributed by atoms with Gasteiger partial charge in [0.15, 0.2) is 0 Å². The summed E-state index contributed by atoms with van der Waals surface area (Å²) in [7, 11) is 0. The molecule has 2 amide bonds. The van der Waals surface area contributed by atoms with Gasteiger partial charge in [0.1, 0.15) is 11.6 Å². The van der Waals surface area contributed by atoms with Gasteiger partial charge in [0.2, 0.25) is 0 Å². The number of carbonyl (C=O) groups is 1. The topological polar surface area (TPSA) is 78.9 Å². The van der Waals surface area contributed by atoms with E-state index >= 15 is 0 Å². The fourth-order valence-electron chi connectivity index (χ4n) is 3.88. The molecule has 0 saturated heterocycles. The summed E-state index contributed by atoms with van der Waals surface area (Å²) < 4.78 is 0. The summed E-state index contributed by atoms with van der Waals surface area (Å²) in [6.07, 6.45) is 3.80. The summed E-state index contributed by atoms with van der Waals surface area (Å²) in [5.74, 6) is 1.36. The number of nitrogens with one attached hydrogen (secondary N) is 3. The van der Waals surface area contributed by atoms with Crippen LogP contribution in [0.2, 0.25) is 0 Å². The lowest BCUT2D eigenvalue weighted by molar-refractivity contribution is 0.262. The Bertz CT molecular complexity index is 1210.